The van der Waals surface area contributed by atoms with Crippen LogP contribution in [0, 0.1) is 0 Å². The van der Waals surface area contributed by atoms with Gasteiger partial charge in [-0.2, -0.15) is 0 Å². The second-order valence-corrected chi connectivity index (χ2v) is 4.79. The molecule has 1 aromatic rings. The zero-order chi connectivity index (χ0) is 12.0. The lowest BCUT2D eigenvalue weighted by Gasteiger charge is -2.11. The normalized spacial score (nSPS) is 11.8. The Morgan fingerprint density at radius 3 is 2.25 bits per heavy atom. The van der Waals surface area contributed by atoms with E-state index in [-0.39, 0.29) is 0 Å². The summed E-state index contributed by atoms with van der Waals surface area (Å²) in [6.07, 6.45) is 2.21. The Morgan fingerprint density at radius 2 is 1.81 bits per heavy atom. The molecule has 1 rings (SSSR count). The highest BCUT2D eigenvalue weighted by atomic mass is 32.2. The van der Waals surface area contributed by atoms with E-state index in [1.165, 1.54) is 16.7 Å². The third-order valence-electron chi connectivity index (χ3n) is 2.63. The molecule has 1 nitrogen and oxygen atoms in total. The van der Waals surface area contributed by atoms with Crippen LogP contribution in [0.5, 0.6) is 0 Å². The van der Waals surface area contributed by atoms with E-state index >= 15 is 0 Å². The van der Waals surface area contributed by atoms with Crippen molar-refractivity contribution < 1.29 is 0 Å². The molecule has 88 valence electrons. The molecule has 0 atom stereocenters. The number of nitrogens with two attached hydrogens (primary N) is 1. The predicted octanol–water partition coefficient (Wildman–Crippen LogP) is 3.86. The standard InChI is InChI=1S/C14H21NS/c1-4-12-7-6-8-13(5-2)14(12)10-16-9-11(3)15/h6-9H,4-5,10,15H2,1-3H3/b11-9-. The van der Waals surface area contributed by atoms with Crippen LogP contribution in [-0.2, 0) is 18.6 Å². The molecule has 0 radical (unpaired) electrons. The second kappa shape index (κ2) is 6.64. The van der Waals surface area contributed by atoms with Gasteiger partial charge in [0.25, 0.3) is 0 Å². The molecule has 0 heterocycles. The number of hydrogen-bond acceptors (Lipinski definition) is 2. The number of thioether (sulfide) groups is 1. The molecule has 0 fully saturated rings. The van der Waals surface area contributed by atoms with E-state index < -0.39 is 0 Å². The Balaban J connectivity index is 2.86. The third-order valence-corrected chi connectivity index (χ3v) is 3.62. The Labute approximate surface area is 103 Å². The summed E-state index contributed by atoms with van der Waals surface area (Å²) >= 11 is 1.79. The SMILES string of the molecule is CCc1cccc(CC)c1CS/C=C(/C)N. The first-order valence-electron chi connectivity index (χ1n) is 5.82. The van der Waals surface area contributed by atoms with Crippen LogP contribution in [-0.4, -0.2) is 0 Å². The maximum Gasteiger partial charge on any atom is 0.0232 e. The first-order valence-corrected chi connectivity index (χ1v) is 6.87. The molecule has 0 aliphatic carbocycles. The second-order valence-electron chi connectivity index (χ2n) is 3.93. The fraction of sp³-hybridized carbons (Fsp3) is 0.429. The van der Waals surface area contributed by atoms with E-state index in [1.54, 1.807) is 11.8 Å². The largest absolute Gasteiger partial charge is 0.402 e. The van der Waals surface area contributed by atoms with Crippen LogP contribution < -0.4 is 5.73 Å². The van der Waals surface area contributed by atoms with Crippen molar-refractivity contribution in [2.24, 2.45) is 5.73 Å². The zero-order valence-corrected chi connectivity index (χ0v) is 11.2. The monoisotopic (exact) mass is 235 g/mol. The lowest BCUT2D eigenvalue weighted by atomic mass is 9.99. The Kier molecular flexibility index (Phi) is 5.47. The predicted molar refractivity (Wildman–Crippen MR) is 74.4 cm³/mol. The Morgan fingerprint density at radius 1 is 1.25 bits per heavy atom. The number of aryl methyl sites for hydroxylation is 2. The topological polar surface area (TPSA) is 26.0 Å². The molecular weight excluding hydrogens is 214 g/mol. The van der Waals surface area contributed by atoms with Crippen LogP contribution in [0.4, 0.5) is 0 Å². The summed E-state index contributed by atoms with van der Waals surface area (Å²) in [5, 5.41) is 2.03. The first-order chi connectivity index (χ1) is 7.69. The van der Waals surface area contributed by atoms with Crippen molar-refractivity contribution in [2.45, 2.75) is 39.4 Å². The van der Waals surface area contributed by atoms with Gasteiger partial charge in [0.15, 0.2) is 0 Å². The number of hydrogen-bond donors (Lipinski definition) is 1. The molecule has 2 N–H and O–H groups in total. The molecule has 0 unspecified atom stereocenters. The minimum atomic E-state index is 0.886. The highest BCUT2D eigenvalue weighted by Gasteiger charge is 2.05. The molecule has 0 spiro atoms. The van der Waals surface area contributed by atoms with Crippen molar-refractivity contribution in [1.29, 1.82) is 0 Å². The molecule has 0 aromatic heterocycles. The van der Waals surface area contributed by atoms with Crippen molar-refractivity contribution in [3.63, 3.8) is 0 Å². The van der Waals surface area contributed by atoms with Gasteiger partial charge in [-0.15, -0.1) is 11.8 Å². The van der Waals surface area contributed by atoms with Gasteiger partial charge in [0.1, 0.15) is 0 Å². The summed E-state index contributed by atoms with van der Waals surface area (Å²) in [7, 11) is 0. The average Bonchev–Trinajstić information content (AvgIpc) is 2.28. The van der Waals surface area contributed by atoms with Gasteiger partial charge >= 0.3 is 0 Å². The summed E-state index contributed by atoms with van der Waals surface area (Å²) in [5.74, 6) is 1.03. The van der Waals surface area contributed by atoms with Gasteiger partial charge in [-0.05, 0) is 41.9 Å². The smallest absolute Gasteiger partial charge is 0.0232 e. The molecular formula is C14H21NS. The maximum absolute atomic E-state index is 5.64. The Bertz CT molecular complexity index is 343. The van der Waals surface area contributed by atoms with Crippen LogP contribution in [0.3, 0.4) is 0 Å². The number of rotatable bonds is 5. The summed E-state index contributed by atoms with van der Waals surface area (Å²) in [4.78, 5) is 0. The molecule has 0 aliphatic heterocycles. The molecule has 1 aromatic carbocycles. The summed E-state index contributed by atoms with van der Waals surface area (Å²) < 4.78 is 0. The maximum atomic E-state index is 5.64. The van der Waals surface area contributed by atoms with Crippen molar-refractivity contribution in [3.8, 4) is 0 Å². The van der Waals surface area contributed by atoms with Crippen LogP contribution in [0.1, 0.15) is 37.5 Å². The van der Waals surface area contributed by atoms with Gasteiger partial charge in [-0.1, -0.05) is 32.0 Å². The minimum Gasteiger partial charge on any atom is -0.402 e. The van der Waals surface area contributed by atoms with E-state index in [0.29, 0.717) is 0 Å². The van der Waals surface area contributed by atoms with E-state index in [4.69, 9.17) is 5.73 Å². The van der Waals surface area contributed by atoms with E-state index in [2.05, 4.69) is 32.0 Å². The summed E-state index contributed by atoms with van der Waals surface area (Å²) in [5.41, 5.74) is 11.0. The van der Waals surface area contributed by atoms with Gasteiger partial charge in [0.05, 0.1) is 0 Å². The van der Waals surface area contributed by atoms with Crippen molar-refractivity contribution in [2.75, 3.05) is 0 Å². The zero-order valence-electron chi connectivity index (χ0n) is 10.4. The van der Waals surface area contributed by atoms with Crippen LogP contribution in [0.25, 0.3) is 0 Å². The highest BCUT2D eigenvalue weighted by molar-refractivity contribution is 8.01. The molecule has 0 amide bonds. The number of benzene rings is 1. The lowest BCUT2D eigenvalue weighted by Crippen LogP contribution is -1.97. The van der Waals surface area contributed by atoms with E-state index in [1.807, 2.05) is 12.3 Å². The fourth-order valence-corrected chi connectivity index (χ4v) is 2.68. The molecule has 2 heteroatoms. The molecule has 16 heavy (non-hydrogen) atoms. The fourth-order valence-electron chi connectivity index (χ4n) is 1.79. The quantitative estimate of drug-likeness (QED) is 0.838. The van der Waals surface area contributed by atoms with Crippen molar-refractivity contribution in [3.05, 3.63) is 46.0 Å². The van der Waals surface area contributed by atoms with Gasteiger partial charge in [-0.25, -0.2) is 0 Å². The van der Waals surface area contributed by atoms with E-state index in [9.17, 15) is 0 Å². The lowest BCUT2D eigenvalue weighted by molar-refractivity contribution is 1.04. The van der Waals surface area contributed by atoms with Crippen LogP contribution >= 0.6 is 11.8 Å². The molecule has 0 bridgehead atoms. The Hall–Kier alpha value is -0.890. The van der Waals surface area contributed by atoms with Crippen LogP contribution in [0.2, 0.25) is 0 Å². The highest BCUT2D eigenvalue weighted by Crippen LogP contribution is 2.23. The van der Waals surface area contributed by atoms with E-state index in [0.717, 1.165) is 24.3 Å². The van der Waals surface area contributed by atoms with Gasteiger partial charge in [0, 0.05) is 11.4 Å². The molecule has 0 saturated carbocycles. The third kappa shape index (κ3) is 3.60. The first kappa shape index (κ1) is 13.2. The van der Waals surface area contributed by atoms with Gasteiger partial charge in [0.2, 0.25) is 0 Å². The van der Waals surface area contributed by atoms with Crippen LogP contribution in [0.15, 0.2) is 29.3 Å². The molecule has 0 aliphatic rings. The summed E-state index contributed by atoms with van der Waals surface area (Å²) in [6.45, 7) is 6.36. The average molecular weight is 235 g/mol. The van der Waals surface area contributed by atoms with Crippen molar-refractivity contribution >= 4 is 11.8 Å². The van der Waals surface area contributed by atoms with Gasteiger partial charge < -0.3 is 5.73 Å². The minimum absolute atomic E-state index is 0.886. The van der Waals surface area contributed by atoms with Gasteiger partial charge in [-0.3, -0.25) is 0 Å². The summed E-state index contributed by atoms with van der Waals surface area (Å²) in [6, 6.07) is 6.62. The molecule has 0 saturated heterocycles. The number of allylic oxidation sites excluding steroid dienone is 1. The van der Waals surface area contributed by atoms with Crippen molar-refractivity contribution in [1.82, 2.24) is 0 Å².